The average molecular weight is 334 g/mol. The van der Waals surface area contributed by atoms with Crippen molar-refractivity contribution in [3.63, 3.8) is 0 Å². The normalized spacial score (nSPS) is 13.0. The first-order valence-electron chi connectivity index (χ1n) is 7.09. The molecule has 7 heteroatoms. The molecule has 1 heterocycles. The van der Waals surface area contributed by atoms with E-state index >= 15 is 0 Å². The third-order valence-corrected chi connectivity index (χ3v) is 5.85. The Morgan fingerprint density at radius 2 is 2.00 bits per heavy atom. The van der Waals surface area contributed by atoms with Gasteiger partial charge in [0.25, 0.3) is 0 Å². The Kier molecular flexibility index (Phi) is 6.80. The lowest BCUT2D eigenvalue weighted by Gasteiger charge is -2.28. The molecule has 0 spiro atoms. The Bertz CT molecular complexity index is 536. The number of nitrogens with one attached hydrogen (secondary N) is 2. The monoisotopic (exact) mass is 333 g/mol. The van der Waals surface area contributed by atoms with Gasteiger partial charge in [-0.25, -0.2) is 13.1 Å². The fraction of sp³-hybridized carbons (Fsp3) is 0.714. The molecule has 2 N–H and O–H groups in total. The van der Waals surface area contributed by atoms with Crippen LogP contribution in [0.2, 0.25) is 0 Å². The van der Waals surface area contributed by atoms with Crippen molar-refractivity contribution in [2.45, 2.75) is 31.5 Å². The van der Waals surface area contributed by atoms with Gasteiger partial charge >= 0.3 is 0 Å². The highest BCUT2D eigenvalue weighted by atomic mass is 32.2. The Morgan fingerprint density at radius 1 is 1.33 bits per heavy atom. The standard InChI is InChI=1S/C14H27N3O2S2/c1-6-15-8-12-7-13(20-9-12)21(18,19)16-10-14(2,3)11-17(4)5/h7,9,15-16H,6,8,10-11H2,1-5H3. The summed E-state index contributed by atoms with van der Waals surface area (Å²) in [5.41, 5.74) is 0.898. The molecule has 0 aliphatic rings. The smallest absolute Gasteiger partial charge is 0.250 e. The van der Waals surface area contributed by atoms with Gasteiger partial charge in [-0.05, 0) is 43.1 Å². The number of hydrogen-bond donors (Lipinski definition) is 2. The highest BCUT2D eigenvalue weighted by molar-refractivity contribution is 7.91. The summed E-state index contributed by atoms with van der Waals surface area (Å²) in [5, 5.41) is 5.08. The summed E-state index contributed by atoms with van der Waals surface area (Å²) in [5.74, 6) is 0. The molecule has 0 aliphatic carbocycles. The van der Waals surface area contributed by atoms with Gasteiger partial charge in [0.15, 0.2) is 0 Å². The number of rotatable bonds is 9. The zero-order valence-corrected chi connectivity index (χ0v) is 15.2. The van der Waals surface area contributed by atoms with E-state index in [1.54, 1.807) is 6.07 Å². The molecule has 122 valence electrons. The van der Waals surface area contributed by atoms with E-state index in [0.29, 0.717) is 17.3 Å². The summed E-state index contributed by atoms with van der Waals surface area (Å²) < 4.78 is 27.7. The lowest BCUT2D eigenvalue weighted by molar-refractivity contribution is 0.242. The van der Waals surface area contributed by atoms with Crippen molar-refractivity contribution in [1.29, 1.82) is 0 Å². The molecule has 1 aromatic heterocycles. The maximum absolute atomic E-state index is 12.3. The highest BCUT2D eigenvalue weighted by Gasteiger charge is 2.24. The van der Waals surface area contributed by atoms with Crippen LogP contribution >= 0.6 is 11.3 Å². The van der Waals surface area contributed by atoms with Gasteiger partial charge in [-0.15, -0.1) is 11.3 Å². The summed E-state index contributed by atoms with van der Waals surface area (Å²) in [7, 11) is 0.566. The van der Waals surface area contributed by atoms with Crippen LogP contribution in [0.3, 0.4) is 0 Å². The number of nitrogens with zero attached hydrogens (tertiary/aromatic N) is 1. The van der Waals surface area contributed by atoms with E-state index in [0.717, 1.165) is 18.7 Å². The Morgan fingerprint density at radius 3 is 2.57 bits per heavy atom. The van der Waals surface area contributed by atoms with Gasteiger partial charge < -0.3 is 10.2 Å². The number of sulfonamides is 1. The van der Waals surface area contributed by atoms with Crippen molar-refractivity contribution in [2.24, 2.45) is 5.41 Å². The van der Waals surface area contributed by atoms with Gasteiger partial charge in [0.1, 0.15) is 4.21 Å². The first kappa shape index (κ1) is 18.6. The minimum absolute atomic E-state index is 0.111. The summed E-state index contributed by atoms with van der Waals surface area (Å²) in [4.78, 5) is 2.06. The van der Waals surface area contributed by atoms with Gasteiger partial charge in [-0.1, -0.05) is 20.8 Å². The zero-order chi connectivity index (χ0) is 16.1. The van der Waals surface area contributed by atoms with Crippen LogP contribution in [0.5, 0.6) is 0 Å². The topological polar surface area (TPSA) is 61.4 Å². The molecule has 0 fully saturated rings. The minimum Gasteiger partial charge on any atom is -0.313 e. The molecule has 0 saturated heterocycles. The third-order valence-electron chi connectivity index (χ3n) is 2.96. The quantitative estimate of drug-likeness (QED) is 0.722. The lowest BCUT2D eigenvalue weighted by atomic mass is 9.93. The predicted octanol–water partition coefficient (Wildman–Crippen LogP) is 1.72. The Hall–Kier alpha value is -0.470. The van der Waals surface area contributed by atoms with E-state index in [9.17, 15) is 8.42 Å². The third kappa shape index (κ3) is 6.44. The molecule has 0 aliphatic heterocycles. The van der Waals surface area contributed by atoms with Gasteiger partial charge in [0.05, 0.1) is 0 Å². The maximum atomic E-state index is 12.3. The van der Waals surface area contributed by atoms with Crippen molar-refractivity contribution in [3.8, 4) is 0 Å². The first-order chi connectivity index (χ1) is 9.66. The fourth-order valence-electron chi connectivity index (χ4n) is 2.13. The second-order valence-corrected chi connectivity index (χ2v) is 9.19. The molecule has 21 heavy (non-hydrogen) atoms. The largest absolute Gasteiger partial charge is 0.313 e. The molecule has 1 rings (SSSR count). The number of hydrogen-bond acceptors (Lipinski definition) is 5. The van der Waals surface area contributed by atoms with Gasteiger partial charge in [-0.3, -0.25) is 0 Å². The molecule has 5 nitrogen and oxygen atoms in total. The Labute approximate surface area is 132 Å². The molecule has 0 radical (unpaired) electrons. The van der Waals surface area contributed by atoms with Crippen molar-refractivity contribution >= 4 is 21.4 Å². The molecule has 0 amide bonds. The second-order valence-electron chi connectivity index (χ2n) is 6.28. The summed E-state index contributed by atoms with van der Waals surface area (Å²) in [6.07, 6.45) is 0. The van der Waals surface area contributed by atoms with E-state index in [1.165, 1.54) is 11.3 Å². The SMILES string of the molecule is CCNCc1csc(S(=O)(=O)NCC(C)(C)CN(C)C)c1. The van der Waals surface area contributed by atoms with E-state index in [1.807, 2.05) is 26.4 Å². The van der Waals surface area contributed by atoms with Crippen LogP contribution in [-0.4, -0.2) is 47.0 Å². The molecular weight excluding hydrogens is 306 g/mol. The van der Waals surface area contributed by atoms with Crippen LogP contribution in [0.4, 0.5) is 0 Å². The zero-order valence-electron chi connectivity index (χ0n) is 13.6. The van der Waals surface area contributed by atoms with Crippen molar-refractivity contribution in [2.75, 3.05) is 33.7 Å². The molecule has 0 atom stereocenters. The molecule has 0 bridgehead atoms. The molecule has 0 saturated carbocycles. The molecule has 0 aromatic carbocycles. The minimum atomic E-state index is -3.41. The van der Waals surface area contributed by atoms with E-state index in [-0.39, 0.29) is 5.41 Å². The lowest BCUT2D eigenvalue weighted by Crippen LogP contribution is -2.39. The van der Waals surface area contributed by atoms with Crippen LogP contribution in [-0.2, 0) is 16.6 Å². The van der Waals surface area contributed by atoms with Crippen LogP contribution in [0, 0.1) is 5.41 Å². The molecule has 0 unspecified atom stereocenters. The van der Waals surface area contributed by atoms with Gasteiger partial charge in [-0.2, -0.15) is 0 Å². The first-order valence-corrected chi connectivity index (χ1v) is 9.45. The predicted molar refractivity (Wildman–Crippen MR) is 89.2 cm³/mol. The van der Waals surface area contributed by atoms with E-state index in [4.69, 9.17) is 0 Å². The average Bonchev–Trinajstić information content (AvgIpc) is 2.82. The highest BCUT2D eigenvalue weighted by Crippen LogP contribution is 2.21. The summed E-state index contributed by atoms with van der Waals surface area (Å²) in [6.45, 7) is 8.96. The van der Waals surface area contributed by atoms with Gasteiger partial charge in [0.2, 0.25) is 10.0 Å². The van der Waals surface area contributed by atoms with Crippen molar-refractivity contribution < 1.29 is 8.42 Å². The second kappa shape index (κ2) is 7.69. The van der Waals surface area contributed by atoms with Crippen LogP contribution in [0.15, 0.2) is 15.7 Å². The number of thiophene rings is 1. The van der Waals surface area contributed by atoms with Gasteiger partial charge in [0, 0.05) is 19.6 Å². The van der Waals surface area contributed by atoms with E-state index in [2.05, 4.69) is 28.8 Å². The summed E-state index contributed by atoms with van der Waals surface area (Å²) >= 11 is 1.27. The summed E-state index contributed by atoms with van der Waals surface area (Å²) in [6, 6.07) is 1.74. The van der Waals surface area contributed by atoms with E-state index < -0.39 is 10.0 Å². The molecule has 1 aromatic rings. The van der Waals surface area contributed by atoms with Crippen molar-refractivity contribution in [3.05, 3.63) is 17.0 Å². The Balaban J connectivity index is 2.67. The maximum Gasteiger partial charge on any atom is 0.250 e. The van der Waals surface area contributed by atoms with Crippen molar-refractivity contribution in [1.82, 2.24) is 14.9 Å². The van der Waals surface area contributed by atoms with Crippen LogP contribution in [0.1, 0.15) is 26.3 Å². The molecular formula is C14H27N3O2S2. The van der Waals surface area contributed by atoms with Crippen LogP contribution in [0.25, 0.3) is 0 Å². The van der Waals surface area contributed by atoms with Crippen LogP contribution < -0.4 is 10.0 Å². The fourth-order valence-corrected chi connectivity index (χ4v) is 4.63.